The summed E-state index contributed by atoms with van der Waals surface area (Å²) in [6, 6.07) is 15.3. The number of nitrogens with one attached hydrogen (secondary N) is 1. The summed E-state index contributed by atoms with van der Waals surface area (Å²) in [6.07, 6.45) is 1.04. The second-order valence-electron chi connectivity index (χ2n) is 4.80. The van der Waals surface area contributed by atoms with Crippen molar-refractivity contribution in [3.63, 3.8) is 0 Å². The first kappa shape index (κ1) is 16.2. The first-order valence-corrected chi connectivity index (χ1v) is 7.82. The number of ether oxygens (including phenoxy) is 1. The predicted octanol–water partition coefficient (Wildman–Crippen LogP) is 5.11. The van der Waals surface area contributed by atoms with Crippen molar-refractivity contribution >= 4 is 23.2 Å². The lowest BCUT2D eigenvalue weighted by Crippen LogP contribution is -2.27. The molecule has 0 saturated carbocycles. The molecule has 1 atom stereocenters. The van der Waals surface area contributed by atoms with Crippen LogP contribution in [0, 0.1) is 0 Å². The van der Waals surface area contributed by atoms with Crippen molar-refractivity contribution in [2.75, 3.05) is 13.2 Å². The van der Waals surface area contributed by atoms with Crippen molar-refractivity contribution in [1.82, 2.24) is 5.32 Å². The Morgan fingerprint density at radius 1 is 1.10 bits per heavy atom. The predicted molar refractivity (Wildman–Crippen MR) is 89.4 cm³/mol. The van der Waals surface area contributed by atoms with Crippen LogP contribution in [0.2, 0.25) is 10.0 Å². The Morgan fingerprint density at radius 2 is 1.86 bits per heavy atom. The summed E-state index contributed by atoms with van der Waals surface area (Å²) >= 11 is 12.4. The van der Waals surface area contributed by atoms with E-state index in [1.54, 1.807) is 6.07 Å². The molecule has 112 valence electrons. The molecule has 0 fully saturated rings. The van der Waals surface area contributed by atoms with Crippen molar-refractivity contribution in [2.45, 2.75) is 19.4 Å². The lowest BCUT2D eigenvalue weighted by Gasteiger charge is -2.21. The molecule has 0 aromatic heterocycles. The van der Waals surface area contributed by atoms with Crippen LogP contribution in [0.15, 0.2) is 48.5 Å². The molecule has 0 amide bonds. The molecule has 4 heteroatoms. The topological polar surface area (TPSA) is 21.3 Å². The average Bonchev–Trinajstić information content (AvgIpc) is 2.51. The zero-order valence-corrected chi connectivity index (χ0v) is 13.5. The normalized spacial score (nSPS) is 12.1. The van der Waals surface area contributed by atoms with E-state index in [-0.39, 0.29) is 6.04 Å². The Labute approximate surface area is 136 Å². The monoisotopic (exact) mass is 323 g/mol. The van der Waals surface area contributed by atoms with Crippen LogP contribution in [-0.4, -0.2) is 13.2 Å². The maximum absolute atomic E-state index is 6.30. The van der Waals surface area contributed by atoms with E-state index in [2.05, 4.69) is 12.2 Å². The first-order valence-electron chi connectivity index (χ1n) is 7.07. The van der Waals surface area contributed by atoms with Crippen LogP contribution in [0.3, 0.4) is 0 Å². The van der Waals surface area contributed by atoms with Gasteiger partial charge in [0.15, 0.2) is 0 Å². The number of para-hydroxylation sites is 1. The van der Waals surface area contributed by atoms with Crippen LogP contribution < -0.4 is 10.1 Å². The molecular weight excluding hydrogens is 305 g/mol. The average molecular weight is 324 g/mol. The molecule has 0 radical (unpaired) electrons. The van der Waals surface area contributed by atoms with Gasteiger partial charge in [0.25, 0.3) is 0 Å². The fourth-order valence-corrected chi connectivity index (χ4v) is 2.48. The molecule has 1 N–H and O–H groups in total. The summed E-state index contributed by atoms with van der Waals surface area (Å²) < 4.78 is 5.85. The number of rotatable bonds is 7. The minimum atomic E-state index is 0.0105. The Kier molecular flexibility index (Phi) is 6.37. The van der Waals surface area contributed by atoms with E-state index in [0.29, 0.717) is 16.7 Å². The van der Waals surface area contributed by atoms with E-state index >= 15 is 0 Å². The molecule has 2 aromatic carbocycles. The first-order chi connectivity index (χ1) is 10.2. The molecule has 0 saturated heterocycles. The van der Waals surface area contributed by atoms with Gasteiger partial charge in [0.1, 0.15) is 12.4 Å². The maximum atomic E-state index is 6.30. The highest BCUT2D eigenvalue weighted by atomic mass is 35.5. The molecule has 0 aliphatic rings. The zero-order chi connectivity index (χ0) is 15.1. The lowest BCUT2D eigenvalue weighted by molar-refractivity contribution is 0.266. The van der Waals surface area contributed by atoms with Gasteiger partial charge in [-0.05, 0) is 48.9 Å². The third-order valence-corrected chi connectivity index (χ3v) is 3.71. The van der Waals surface area contributed by atoms with Crippen molar-refractivity contribution in [1.29, 1.82) is 0 Å². The van der Waals surface area contributed by atoms with E-state index in [1.807, 2.05) is 42.5 Å². The summed E-state index contributed by atoms with van der Waals surface area (Å²) in [7, 11) is 0. The minimum absolute atomic E-state index is 0.0105. The van der Waals surface area contributed by atoms with E-state index < -0.39 is 0 Å². The van der Waals surface area contributed by atoms with Crippen LogP contribution in [0.1, 0.15) is 24.9 Å². The van der Waals surface area contributed by atoms with Crippen molar-refractivity contribution in [3.8, 4) is 5.75 Å². The van der Waals surface area contributed by atoms with E-state index in [1.165, 1.54) is 0 Å². The summed E-state index contributed by atoms with van der Waals surface area (Å²) in [5.74, 6) is 0.846. The molecule has 2 aromatic rings. The molecular formula is C17H19Cl2NO. The van der Waals surface area contributed by atoms with Gasteiger partial charge in [0.2, 0.25) is 0 Å². The lowest BCUT2D eigenvalue weighted by atomic mass is 10.1. The fraction of sp³-hybridized carbons (Fsp3) is 0.294. The van der Waals surface area contributed by atoms with Crippen molar-refractivity contribution < 1.29 is 4.74 Å². The van der Waals surface area contributed by atoms with Crippen LogP contribution >= 0.6 is 23.2 Å². The van der Waals surface area contributed by atoms with Crippen LogP contribution in [0.4, 0.5) is 0 Å². The quantitative estimate of drug-likeness (QED) is 0.764. The van der Waals surface area contributed by atoms with Gasteiger partial charge in [0.05, 0.1) is 6.04 Å². The maximum Gasteiger partial charge on any atom is 0.119 e. The third kappa shape index (κ3) is 4.92. The highest BCUT2D eigenvalue weighted by Crippen LogP contribution is 2.27. The summed E-state index contributed by atoms with van der Waals surface area (Å²) in [4.78, 5) is 0. The van der Waals surface area contributed by atoms with Gasteiger partial charge in [-0.2, -0.15) is 0 Å². The molecule has 0 bridgehead atoms. The third-order valence-electron chi connectivity index (χ3n) is 3.13. The molecule has 0 aliphatic carbocycles. The summed E-state index contributed by atoms with van der Waals surface area (Å²) in [5, 5.41) is 4.83. The Balaban J connectivity index is 2.12. The Hall–Kier alpha value is -1.22. The van der Waals surface area contributed by atoms with Gasteiger partial charge in [-0.1, -0.05) is 48.3 Å². The van der Waals surface area contributed by atoms with Gasteiger partial charge >= 0.3 is 0 Å². The molecule has 0 spiro atoms. The SMILES string of the molecule is CCCNC(COc1ccccc1)c1cc(Cl)ccc1Cl. The van der Waals surface area contributed by atoms with Crippen molar-refractivity contribution in [2.24, 2.45) is 0 Å². The Bertz CT molecular complexity index is 560. The van der Waals surface area contributed by atoms with Gasteiger partial charge in [-0.3, -0.25) is 0 Å². The van der Waals surface area contributed by atoms with Gasteiger partial charge in [0, 0.05) is 10.0 Å². The highest BCUT2D eigenvalue weighted by Gasteiger charge is 2.15. The highest BCUT2D eigenvalue weighted by molar-refractivity contribution is 6.33. The van der Waals surface area contributed by atoms with Crippen LogP contribution in [0.5, 0.6) is 5.75 Å². The molecule has 2 nitrogen and oxygen atoms in total. The standard InChI is InChI=1S/C17H19Cl2NO/c1-2-10-20-17(12-21-14-6-4-3-5-7-14)15-11-13(18)8-9-16(15)19/h3-9,11,17,20H,2,10,12H2,1H3. The van der Waals surface area contributed by atoms with E-state index in [9.17, 15) is 0 Å². The zero-order valence-electron chi connectivity index (χ0n) is 12.0. The molecule has 0 heterocycles. The number of benzene rings is 2. The smallest absolute Gasteiger partial charge is 0.119 e. The molecule has 0 aliphatic heterocycles. The number of halogens is 2. The molecule has 1 unspecified atom stereocenters. The van der Waals surface area contributed by atoms with E-state index in [4.69, 9.17) is 27.9 Å². The Morgan fingerprint density at radius 3 is 2.57 bits per heavy atom. The fourth-order valence-electron chi connectivity index (χ4n) is 2.06. The van der Waals surface area contributed by atoms with Gasteiger partial charge in [-0.15, -0.1) is 0 Å². The molecule has 2 rings (SSSR count). The summed E-state index contributed by atoms with van der Waals surface area (Å²) in [6.45, 7) is 3.53. The van der Waals surface area contributed by atoms with Crippen LogP contribution in [-0.2, 0) is 0 Å². The van der Waals surface area contributed by atoms with Crippen molar-refractivity contribution in [3.05, 3.63) is 64.1 Å². The number of hydrogen-bond donors (Lipinski definition) is 1. The second-order valence-corrected chi connectivity index (χ2v) is 5.64. The summed E-state index contributed by atoms with van der Waals surface area (Å²) in [5.41, 5.74) is 0.966. The van der Waals surface area contributed by atoms with Gasteiger partial charge in [-0.25, -0.2) is 0 Å². The second kappa shape index (κ2) is 8.28. The minimum Gasteiger partial charge on any atom is -0.492 e. The van der Waals surface area contributed by atoms with E-state index in [0.717, 1.165) is 24.3 Å². The van der Waals surface area contributed by atoms with Gasteiger partial charge < -0.3 is 10.1 Å². The largest absolute Gasteiger partial charge is 0.492 e. The number of hydrogen-bond acceptors (Lipinski definition) is 2. The molecule has 21 heavy (non-hydrogen) atoms. The van der Waals surface area contributed by atoms with Crippen LogP contribution in [0.25, 0.3) is 0 Å².